The van der Waals surface area contributed by atoms with Gasteiger partial charge >= 0.3 is 0 Å². The summed E-state index contributed by atoms with van der Waals surface area (Å²) < 4.78 is 5.47. The molecule has 0 unspecified atom stereocenters. The number of aliphatic imine (C=N–C) groups is 1. The molecule has 0 spiro atoms. The number of hydrogen-bond donors (Lipinski definition) is 2. The Morgan fingerprint density at radius 1 is 0.839 bits per heavy atom. The first-order valence-electron chi connectivity index (χ1n) is 10.6. The lowest BCUT2D eigenvalue weighted by Crippen LogP contribution is -2.37. The number of rotatable bonds is 6. The van der Waals surface area contributed by atoms with Gasteiger partial charge in [-0.3, -0.25) is 9.89 Å². The van der Waals surface area contributed by atoms with Crippen molar-refractivity contribution in [3.05, 3.63) is 83.4 Å². The quantitative estimate of drug-likeness (QED) is 0.286. The molecule has 0 saturated carbocycles. The molecule has 3 aromatic carbocycles. The molecule has 1 heterocycles. The standard InChI is InChI=1S/C25H30N4O.HI/c1-26-25(28-18-22-11-6-10-20-7-4-5-12-24(20)22)27-17-21-8-2-3-9-23(21)19-29-13-15-30-16-14-29;/h2-12H,13-19H2,1H3,(H2,26,27,28);1H. The summed E-state index contributed by atoms with van der Waals surface area (Å²) in [7, 11) is 1.82. The maximum Gasteiger partial charge on any atom is 0.191 e. The van der Waals surface area contributed by atoms with Gasteiger partial charge in [-0.1, -0.05) is 66.7 Å². The average Bonchev–Trinajstić information content (AvgIpc) is 2.81. The van der Waals surface area contributed by atoms with Crippen molar-refractivity contribution in [1.29, 1.82) is 0 Å². The fraction of sp³-hybridized carbons (Fsp3) is 0.320. The predicted octanol–water partition coefficient (Wildman–Crippen LogP) is 4.16. The maximum absolute atomic E-state index is 5.47. The van der Waals surface area contributed by atoms with Crippen molar-refractivity contribution in [1.82, 2.24) is 15.5 Å². The molecule has 3 aromatic rings. The molecular formula is C25H31IN4O. The van der Waals surface area contributed by atoms with Crippen LogP contribution in [0.15, 0.2) is 71.7 Å². The second kappa shape index (κ2) is 12.0. The molecule has 2 N–H and O–H groups in total. The Hall–Kier alpha value is -2.16. The molecule has 0 amide bonds. The predicted molar refractivity (Wildman–Crippen MR) is 139 cm³/mol. The Morgan fingerprint density at radius 2 is 1.45 bits per heavy atom. The monoisotopic (exact) mass is 530 g/mol. The van der Waals surface area contributed by atoms with Crippen LogP contribution in [0.4, 0.5) is 0 Å². The first-order valence-corrected chi connectivity index (χ1v) is 10.6. The van der Waals surface area contributed by atoms with E-state index in [2.05, 4.69) is 87.3 Å². The van der Waals surface area contributed by atoms with E-state index in [0.717, 1.165) is 51.9 Å². The Labute approximate surface area is 201 Å². The molecule has 164 valence electrons. The van der Waals surface area contributed by atoms with Crippen molar-refractivity contribution in [2.24, 2.45) is 4.99 Å². The second-order valence-electron chi connectivity index (χ2n) is 7.57. The van der Waals surface area contributed by atoms with Gasteiger partial charge in [0.2, 0.25) is 0 Å². The number of guanidine groups is 1. The van der Waals surface area contributed by atoms with Crippen molar-refractivity contribution in [2.45, 2.75) is 19.6 Å². The first-order chi connectivity index (χ1) is 14.8. The Morgan fingerprint density at radius 3 is 2.23 bits per heavy atom. The van der Waals surface area contributed by atoms with Crippen molar-refractivity contribution in [3.8, 4) is 0 Å². The van der Waals surface area contributed by atoms with Crippen LogP contribution in [-0.4, -0.2) is 44.2 Å². The minimum absolute atomic E-state index is 0. The number of hydrogen-bond acceptors (Lipinski definition) is 3. The third kappa shape index (κ3) is 6.41. The third-order valence-corrected chi connectivity index (χ3v) is 5.61. The molecule has 0 radical (unpaired) electrons. The normalized spacial score (nSPS) is 14.8. The summed E-state index contributed by atoms with van der Waals surface area (Å²) in [6.45, 7) is 6.08. The van der Waals surface area contributed by atoms with Crippen molar-refractivity contribution in [3.63, 3.8) is 0 Å². The van der Waals surface area contributed by atoms with Gasteiger partial charge in [0.15, 0.2) is 5.96 Å². The SMILES string of the molecule is CN=C(NCc1ccccc1CN1CCOCC1)NCc1cccc2ccccc12.I. The molecule has 31 heavy (non-hydrogen) atoms. The van der Waals surface area contributed by atoms with E-state index in [4.69, 9.17) is 4.74 Å². The molecule has 0 atom stereocenters. The summed E-state index contributed by atoms with van der Waals surface area (Å²) in [6, 6.07) is 23.5. The molecule has 6 heteroatoms. The molecule has 4 rings (SSSR count). The smallest absolute Gasteiger partial charge is 0.191 e. The third-order valence-electron chi connectivity index (χ3n) is 5.61. The summed E-state index contributed by atoms with van der Waals surface area (Å²) in [5.74, 6) is 0.809. The van der Waals surface area contributed by atoms with Gasteiger partial charge in [-0.2, -0.15) is 0 Å². The fourth-order valence-electron chi connectivity index (χ4n) is 3.91. The molecule has 1 fully saturated rings. The fourth-order valence-corrected chi connectivity index (χ4v) is 3.91. The summed E-state index contributed by atoms with van der Waals surface area (Å²) >= 11 is 0. The lowest BCUT2D eigenvalue weighted by atomic mass is 10.0. The van der Waals surface area contributed by atoms with Gasteiger partial charge in [0.25, 0.3) is 0 Å². The van der Waals surface area contributed by atoms with Crippen LogP contribution in [0.1, 0.15) is 16.7 Å². The highest BCUT2D eigenvalue weighted by atomic mass is 127. The highest BCUT2D eigenvalue weighted by molar-refractivity contribution is 14.0. The first kappa shape index (κ1) is 23.5. The van der Waals surface area contributed by atoms with Gasteiger partial charge in [-0.15, -0.1) is 24.0 Å². The highest BCUT2D eigenvalue weighted by Gasteiger charge is 2.13. The van der Waals surface area contributed by atoms with Gasteiger partial charge < -0.3 is 15.4 Å². The van der Waals surface area contributed by atoms with Crippen LogP contribution >= 0.6 is 24.0 Å². The lowest BCUT2D eigenvalue weighted by Gasteiger charge is -2.27. The van der Waals surface area contributed by atoms with Crippen LogP contribution in [-0.2, 0) is 24.4 Å². The number of nitrogens with zero attached hydrogens (tertiary/aromatic N) is 2. The molecule has 0 aliphatic carbocycles. The maximum atomic E-state index is 5.47. The van der Waals surface area contributed by atoms with E-state index in [1.807, 2.05) is 7.05 Å². The Kier molecular flexibility index (Phi) is 9.12. The van der Waals surface area contributed by atoms with E-state index in [9.17, 15) is 0 Å². The zero-order valence-electron chi connectivity index (χ0n) is 18.0. The van der Waals surface area contributed by atoms with Crippen LogP contribution < -0.4 is 10.6 Å². The molecule has 1 aliphatic heterocycles. The highest BCUT2D eigenvalue weighted by Crippen LogP contribution is 2.18. The van der Waals surface area contributed by atoms with Gasteiger partial charge in [-0.05, 0) is 27.5 Å². The number of nitrogens with one attached hydrogen (secondary N) is 2. The Bertz CT molecular complexity index is 996. The van der Waals surface area contributed by atoms with E-state index in [1.54, 1.807) is 0 Å². The largest absolute Gasteiger partial charge is 0.379 e. The minimum atomic E-state index is 0. The van der Waals surface area contributed by atoms with Crippen LogP contribution in [0, 0.1) is 0 Å². The number of benzene rings is 3. The number of halogens is 1. The molecule has 5 nitrogen and oxygen atoms in total. The minimum Gasteiger partial charge on any atom is -0.379 e. The molecule has 0 aromatic heterocycles. The number of fused-ring (bicyclic) bond motifs is 1. The van der Waals surface area contributed by atoms with Crippen molar-refractivity contribution >= 4 is 40.7 Å². The van der Waals surface area contributed by atoms with E-state index < -0.39 is 0 Å². The number of morpholine rings is 1. The summed E-state index contributed by atoms with van der Waals surface area (Å²) in [5.41, 5.74) is 3.93. The zero-order chi connectivity index (χ0) is 20.6. The van der Waals surface area contributed by atoms with Crippen LogP contribution in [0.2, 0.25) is 0 Å². The molecule has 0 bridgehead atoms. The van der Waals surface area contributed by atoms with Crippen LogP contribution in [0.5, 0.6) is 0 Å². The van der Waals surface area contributed by atoms with Gasteiger partial charge in [0, 0.05) is 39.8 Å². The van der Waals surface area contributed by atoms with E-state index >= 15 is 0 Å². The van der Waals surface area contributed by atoms with E-state index in [0.29, 0.717) is 0 Å². The molecular weight excluding hydrogens is 499 g/mol. The Balaban J connectivity index is 0.00000272. The van der Waals surface area contributed by atoms with Gasteiger partial charge in [-0.25, -0.2) is 0 Å². The van der Waals surface area contributed by atoms with E-state index in [1.165, 1.54) is 27.5 Å². The lowest BCUT2D eigenvalue weighted by molar-refractivity contribution is 0.0341. The topological polar surface area (TPSA) is 48.9 Å². The van der Waals surface area contributed by atoms with Crippen molar-refractivity contribution < 1.29 is 4.74 Å². The van der Waals surface area contributed by atoms with Gasteiger partial charge in [0.1, 0.15) is 0 Å². The summed E-state index contributed by atoms with van der Waals surface area (Å²) in [6.07, 6.45) is 0. The van der Waals surface area contributed by atoms with Crippen LogP contribution in [0.3, 0.4) is 0 Å². The number of ether oxygens (including phenoxy) is 1. The van der Waals surface area contributed by atoms with Gasteiger partial charge in [0.05, 0.1) is 13.2 Å². The molecule has 1 aliphatic rings. The zero-order valence-corrected chi connectivity index (χ0v) is 20.3. The second-order valence-corrected chi connectivity index (χ2v) is 7.57. The summed E-state index contributed by atoms with van der Waals surface area (Å²) in [5, 5.41) is 9.48. The van der Waals surface area contributed by atoms with Crippen molar-refractivity contribution in [2.75, 3.05) is 33.4 Å². The van der Waals surface area contributed by atoms with E-state index in [-0.39, 0.29) is 24.0 Å². The van der Waals surface area contributed by atoms with Crippen LogP contribution in [0.25, 0.3) is 10.8 Å². The summed E-state index contributed by atoms with van der Waals surface area (Å²) in [4.78, 5) is 6.87. The molecule has 1 saturated heterocycles. The average molecular weight is 530 g/mol.